The highest BCUT2D eigenvalue weighted by molar-refractivity contribution is 5.66. The molecule has 7 atom stereocenters. The maximum absolute atomic E-state index is 10.9. The summed E-state index contributed by atoms with van der Waals surface area (Å²) in [5.41, 5.74) is 1.15. The van der Waals surface area contributed by atoms with Crippen LogP contribution in [0.1, 0.15) is 97.3 Å². The summed E-state index contributed by atoms with van der Waals surface area (Å²) in [6.07, 6.45) is 17.0. The van der Waals surface area contributed by atoms with Gasteiger partial charge in [-0.05, 0) is 105 Å². The van der Waals surface area contributed by atoms with Crippen molar-refractivity contribution in [1.82, 2.24) is 0 Å². The van der Waals surface area contributed by atoms with Crippen molar-refractivity contribution in [2.75, 3.05) is 7.11 Å². The number of rotatable bonds is 4. The van der Waals surface area contributed by atoms with Crippen LogP contribution in [0.3, 0.4) is 0 Å². The standard InChI is InChI=1S/C23H38O2.CH4O/c1-22-14-4-3-6-16(22)9-11-18-19-12-10-17(7-5-8-21(24)25)23(19,2)15-13-20(18)22;1-2/h16-20H,3-15H2,1-2H3,(H,24,25);2H,1H3/t16?,17?,18?,19?,20?,22?,23-;/m1./s1. The molecule has 3 nitrogen and oxygen atoms in total. The van der Waals surface area contributed by atoms with Crippen LogP contribution in [0.5, 0.6) is 0 Å². The van der Waals surface area contributed by atoms with Gasteiger partial charge >= 0.3 is 5.97 Å². The van der Waals surface area contributed by atoms with Gasteiger partial charge in [0.05, 0.1) is 0 Å². The molecular weight excluding hydrogens is 336 g/mol. The predicted octanol–water partition coefficient (Wildman–Crippen LogP) is 5.90. The number of carbonyl (C=O) groups is 1. The summed E-state index contributed by atoms with van der Waals surface area (Å²) in [7, 11) is 1.00. The normalized spacial score (nSPS) is 45.7. The number of aliphatic hydroxyl groups excluding tert-OH is 1. The van der Waals surface area contributed by atoms with Crippen LogP contribution < -0.4 is 0 Å². The summed E-state index contributed by atoms with van der Waals surface area (Å²) < 4.78 is 0. The maximum Gasteiger partial charge on any atom is 0.303 e. The average Bonchev–Trinajstić information content (AvgIpc) is 2.99. The van der Waals surface area contributed by atoms with Gasteiger partial charge in [0, 0.05) is 13.5 Å². The van der Waals surface area contributed by atoms with Gasteiger partial charge in [0.2, 0.25) is 0 Å². The largest absolute Gasteiger partial charge is 0.481 e. The van der Waals surface area contributed by atoms with E-state index in [1.54, 1.807) is 0 Å². The highest BCUT2D eigenvalue weighted by Gasteiger charge is 2.59. The smallest absolute Gasteiger partial charge is 0.303 e. The number of carboxylic acid groups (broad SMARTS) is 1. The lowest BCUT2D eigenvalue weighted by molar-refractivity contribution is -0.137. The Bertz CT molecular complexity index is 518. The van der Waals surface area contributed by atoms with Crippen LogP contribution in [0, 0.1) is 40.4 Å². The topological polar surface area (TPSA) is 57.5 Å². The minimum absolute atomic E-state index is 0.364. The quantitative estimate of drug-likeness (QED) is 0.640. The first kappa shape index (κ1) is 21.1. The van der Waals surface area contributed by atoms with Gasteiger partial charge in [-0.15, -0.1) is 0 Å². The summed E-state index contributed by atoms with van der Waals surface area (Å²) in [4.78, 5) is 10.9. The van der Waals surface area contributed by atoms with Crippen molar-refractivity contribution in [3.63, 3.8) is 0 Å². The molecule has 4 fully saturated rings. The Kier molecular flexibility index (Phi) is 6.60. The minimum Gasteiger partial charge on any atom is -0.481 e. The van der Waals surface area contributed by atoms with E-state index in [2.05, 4.69) is 13.8 Å². The summed E-state index contributed by atoms with van der Waals surface area (Å²) >= 11 is 0. The first-order chi connectivity index (χ1) is 12.9. The van der Waals surface area contributed by atoms with Gasteiger partial charge in [-0.1, -0.05) is 26.7 Å². The molecule has 0 amide bonds. The second-order valence-electron chi connectivity index (χ2n) is 10.5. The highest BCUT2D eigenvalue weighted by Crippen LogP contribution is 2.67. The molecule has 6 unspecified atom stereocenters. The number of aliphatic carboxylic acids is 1. The molecule has 0 spiro atoms. The van der Waals surface area contributed by atoms with Crippen molar-refractivity contribution in [3.05, 3.63) is 0 Å². The second kappa shape index (κ2) is 8.43. The number of fused-ring (bicyclic) bond motifs is 5. The van der Waals surface area contributed by atoms with Crippen LogP contribution in [0.4, 0.5) is 0 Å². The van der Waals surface area contributed by atoms with Gasteiger partial charge in [-0.2, -0.15) is 0 Å². The Hall–Kier alpha value is -0.570. The molecule has 0 heterocycles. The monoisotopic (exact) mass is 378 g/mol. The molecule has 0 radical (unpaired) electrons. The maximum atomic E-state index is 10.9. The van der Waals surface area contributed by atoms with E-state index in [4.69, 9.17) is 10.2 Å². The lowest BCUT2D eigenvalue weighted by Gasteiger charge is -2.60. The molecule has 0 aliphatic heterocycles. The number of hydrogen-bond acceptors (Lipinski definition) is 2. The van der Waals surface area contributed by atoms with Gasteiger partial charge in [0.15, 0.2) is 0 Å². The second-order valence-corrected chi connectivity index (χ2v) is 10.5. The highest BCUT2D eigenvalue weighted by atomic mass is 16.4. The predicted molar refractivity (Wildman–Crippen MR) is 109 cm³/mol. The zero-order valence-electron chi connectivity index (χ0n) is 17.9. The van der Waals surface area contributed by atoms with Gasteiger partial charge < -0.3 is 10.2 Å². The van der Waals surface area contributed by atoms with Crippen LogP contribution in [0.25, 0.3) is 0 Å². The minimum atomic E-state index is -0.619. The third kappa shape index (κ3) is 3.70. The Morgan fingerprint density at radius 3 is 2.37 bits per heavy atom. The van der Waals surface area contributed by atoms with Crippen molar-refractivity contribution in [2.24, 2.45) is 40.4 Å². The molecule has 4 aliphatic rings. The van der Waals surface area contributed by atoms with E-state index in [-0.39, 0.29) is 0 Å². The summed E-state index contributed by atoms with van der Waals surface area (Å²) in [6.45, 7) is 5.25. The van der Waals surface area contributed by atoms with Crippen molar-refractivity contribution < 1.29 is 15.0 Å². The summed E-state index contributed by atoms with van der Waals surface area (Å²) in [6, 6.07) is 0. The van der Waals surface area contributed by atoms with E-state index >= 15 is 0 Å². The Morgan fingerprint density at radius 2 is 1.63 bits per heavy atom. The molecule has 0 saturated heterocycles. The third-order valence-corrected chi connectivity index (χ3v) is 9.72. The first-order valence-electron chi connectivity index (χ1n) is 11.6. The van der Waals surface area contributed by atoms with Crippen molar-refractivity contribution >= 4 is 5.97 Å². The fourth-order valence-corrected chi connectivity index (χ4v) is 8.38. The SMILES string of the molecule is CC12CCCCC1CCC1C2CC[C@]2(C)C(CCCC(=O)O)CCC12.CO. The molecule has 156 valence electrons. The Labute approximate surface area is 166 Å². The van der Waals surface area contributed by atoms with E-state index in [1.165, 1.54) is 64.2 Å². The Morgan fingerprint density at radius 1 is 0.889 bits per heavy atom. The molecule has 0 aromatic carbocycles. The molecule has 27 heavy (non-hydrogen) atoms. The number of hydrogen-bond donors (Lipinski definition) is 2. The molecule has 0 aromatic heterocycles. The summed E-state index contributed by atoms with van der Waals surface area (Å²) in [5.74, 6) is 4.08. The first-order valence-corrected chi connectivity index (χ1v) is 11.6. The van der Waals surface area contributed by atoms with Gasteiger partial charge in [0.1, 0.15) is 0 Å². The van der Waals surface area contributed by atoms with Crippen molar-refractivity contribution in [3.8, 4) is 0 Å². The molecule has 0 bridgehead atoms. The van der Waals surface area contributed by atoms with Gasteiger partial charge in [0.25, 0.3) is 0 Å². The zero-order valence-corrected chi connectivity index (χ0v) is 17.9. The van der Waals surface area contributed by atoms with Crippen LogP contribution in [-0.4, -0.2) is 23.3 Å². The van der Waals surface area contributed by atoms with Crippen LogP contribution in [0.2, 0.25) is 0 Å². The van der Waals surface area contributed by atoms with E-state index in [1.807, 2.05) is 0 Å². The van der Waals surface area contributed by atoms with Crippen molar-refractivity contribution in [2.45, 2.75) is 97.3 Å². The number of carboxylic acids is 1. The summed E-state index contributed by atoms with van der Waals surface area (Å²) in [5, 5.41) is 16.0. The molecular formula is C24H42O3. The van der Waals surface area contributed by atoms with E-state index in [0.717, 1.165) is 49.5 Å². The molecule has 4 saturated carbocycles. The lowest BCUT2D eigenvalue weighted by atomic mass is 9.45. The molecule has 2 N–H and O–H groups in total. The molecule has 4 aliphatic carbocycles. The van der Waals surface area contributed by atoms with Crippen molar-refractivity contribution in [1.29, 1.82) is 0 Å². The van der Waals surface area contributed by atoms with Crippen LogP contribution in [-0.2, 0) is 4.79 Å². The number of aliphatic hydroxyl groups is 1. The Balaban J connectivity index is 0.00000102. The third-order valence-electron chi connectivity index (χ3n) is 9.72. The van der Waals surface area contributed by atoms with Gasteiger partial charge in [-0.3, -0.25) is 4.79 Å². The van der Waals surface area contributed by atoms with E-state index < -0.39 is 5.97 Å². The van der Waals surface area contributed by atoms with E-state index in [9.17, 15) is 4.79 Å². The fraction of sp³-hybridized carbons (Fsp3) is 0.958. The van der Waals surface area contributed by atoms with E-state index in [0.29, 0.717) is 17.3 Å². The lowest BCUT2D eigenvalue weighted by Crippen LogP contribution is -2.52. The van der Waals surface area contributed by atoms with Crippen LogP contribution in [0.15, 0.2) is 0 Å². The molecule has 3 heteroatoms. The van der Waals surface area contributed by atoms with Crippen LogP contribution >= 0.6 is 0 Å². The molecule has 4 rings (SSSR count). The fourth-order valence-electron chi connectivity index (χ4n) is 8.38. The zero-order chi connectivity index (χ0) is 19.7. The average molecular weight is 379 g/mol. The van der Waals surface area contributed by atoms with Gasteiger partial charge in [-0.25, -0.2) is 0 Å². The molecule has 0 aromatic rings.